The number of benzene rings is 4. The summed E-state index contributed by atoms with van der Waals surface area (Å²) < 4.78 is 86.5. The number of sulfonamides is 1. The molecule has 0 radical (unpaired) electrons. The summed E-state index contributed by atoms with van der Waals surface area (Å²) >= 11 is 0. The molecule has 1 aliphatic rings. The maximum Gasteiger partial charge on any atom is 0.416 e. The van der Waals surface area contributed by atoms with Crippen LogP contribution in [0.4, 0.5) is 23.2 Å². The fourth-order valence-electron chi connectivity index (χ4n) is 4.85. The monoisotopic (exact) mass is 584 g/mol. The van der Waals surface area contributed by atoms with Crippen LogP contribution in [0.5, 0.6) is 5.75 Å². The van der Waals surface area contributed by atoms with Crippen molar-refractivity contribution in [1.82, 2.24) is 4.72 Å². The Morgan fingerprint density at radius 2 is 1.61 bits per heavy atom. The zero-order valence-electron chi connectivity index (χ0n) is 21.6. The van der Waals surface area contributed by atoms with Gasteiger partial charge in [-0.05, 0) is 89.7 Å². The third-order valence-electron chi connectivity index (χ3n) is 6.84. The van der Waals surface area contributed by atoms with E-state index in [1.54, 1.807) is 30.3 Å². The molecule has 0 saturated carbocycles. The van der Waals surface area contributed by atoms with Crippen LogP contribution in [0.15, 0.2) is 89.8 Å². The lowest BCUT2D eigenvalue weighted by Crippen LogP contribution is -2.35. The standard InChI is InChI=1S/C30H24F4N2O4S/c1-40-24-12-13-25(26(17-24)18-6-9-21(10-7-18)30(32,33)34)29(37)35-22-11-8-19-14-23(16-20(19)15-22)36-41(38,39)28-5-3-2-4-27(28)31/h2-13,15,17,23,36H,14,16H2,1H3,(H,35,37). The number of nitrogens with one attached hydrogen (secondary N) is 2. The van der Waals surface area contributed by atoms with Crippen LogP contribution in [0.2, 0.25) is 0 Å². The number of anilines is 1. The van der Waals surface area contributed by atoms with Crippen LogP contribution >= 0.6 is 0 Å². The number of ether oxygens (including phenoxy) is 1. The molecule has 1 aliphatic carbocycles. The number of halogens is 4. The number of carbonyl (C=O) groups is 1. The van der Waals surface area contributed by atoms with Gasteiger partial charge in [-0.15, -0.1) is 0 Å². The second-order valence-electron chi connectivity index (χ2n) is 9.58. The molecule has 1 amide bonds. The highest BCUT2D eigenvalue weighted by molar-refractivity contribution is 7.89. The van der Waals surface area contributed by atoms with Crippen LogP contribution in [0.25, 0.3) is 11.1 Å². The second-order valence-corrected chi connectivity index (χ2v) is 11.3. The smallest absolute Gasteiger partial charge is 0.416 e. The minimum absolute atomic E-state index is 0.224. The second kappa shape index (κ2) is 11.0. The van der Waals surface area contributed by atoms with E-state index in [9.17, 15) is 30.8 Å². The first-order valence-corrected chi connectivity index (χ1v) is 14.0. The molecule has 0 fully saturated rings. The van der Waals surface area contributed by atoms with E-state index in [0.29, 0.717) is 35.4 Å². The van der Waals surface area contributed by atoms with Gasteiger partial charge in [-0.2, -0.15) is 13.2 Å². The van der Waals surface area contributed by atoms with Crippen molar-refractivity contribution in [2.24, 2.45) is 0 Å². The van der Waals surface area contributed by atoms with Gasteiger partial charge in [0.25, 0.3) is 5.91 Å². The van der Waals surface area contributed by atoms with Crippen molar-refractivity contribution in [1.29, 1.82) is 0 Å². The average molecular weight is 585 g/mol. The van der Waals surface area contributed by atoms with E-state index in [0.717, 1.165) is 29.3 Å². The lowest BCUT2D eigenvalue weighted by atomic mass is 9.97. The number of alkyl halides is 3. The molecular weight excluding hydrogens is 560 g/mol. The fraction of sp³-hybridized carbons (Fsp3) is 0.167. The third-order valence-corrected chi connectivity index (χ3v) is 8.39. The van der Waals surface area contributed by atoms with Gasteiger partial charge in [0.05, 0.1) is 12.7 Å². The molecule has 6 nitrogen and oxygen atoms in total. The van der Waals surface area contributed by atoms with Crippen LogP contribution in [-0.2, 0) is 29.0 Å². The molecular formula is C30H24F4N2O4S. The summed E-state index contributed by atoms with van der Waals surface area (Å²) in [5.74, 6) is -0.898. The molecule has 41 heavy (non-hydrogen) atoms. The van der Waals surface area contributed by atoms with Gasteiger partial charge < -0.3 is 10.1 Å². The topological polar surface area (TPSA) is 84.5 Å². The van der Waals surface area contributed by atoms with Crippen molar-refractivity contribution in [3.63, 3.8) is 0 Å². The Bertz CT molecular complexity index is 1720. The Hall–Kier alpha value is -4.22. The van der Waals surface area contributed by atoms with Crippen molar-refractivity contribution < 1.29 is 35.5 Å². The van der Waals surface area contributed by atoms with E-state index >= 15 is 0 Å². The molecule has 0 heterocycles. The highest BCUT2D eigenvalue weighted by atomic mass is 32.2. The molecule has 0 aromatic heterocycles. The molecule has 11 heteroatoms. The van der Waals surface area contributed by atoms with Crippen LogP contribution in [0.1, 0.15) is 27.0 Å². The summed E-state index contributed by atoms with van der Waals surface area (Å²) in [6, 6.07) is 19.0. The Morgan fingerprint density at radius 1 is 0.902 bits per heavy atom. The molecule has 1 atom stereocenters. The summed E-state index contributed by atoms with van der Waals surface area (Å²) in [6.45, 7) is 0. The number of methoxy groups -OCH3 is 1. The van der Waals surface area contributed by atoms with Gasteiger partial charge in [-0.25, -0.2) is 17.5 Å². The van der Waals surface area contributed by atoms with Gasteiger partial charge in [0.1, 0.15) is 16.5 Å². The van der Waals surface area contributed by atoms with Crippen LogP contribution in [0, 0.1) is 5.82 Å². The van der Waals surface area contributed by atoms with E-state index < -0.39 is 44.4 Å². The minimum atomic E-state index is -4.49. The summed E-state index contributed by atoms with van der Waals surface area (Å²) in [5, 5.41) is 2.82. The van der Waals surface area contributed by atoms with Gasteiger partial charge >= 0.3 is 6.18 Å². The first-order chi connectivity index (χ1) is 19.4. The van der Waals surface area contributed by atoms with E-state index in [2.05, 4.69) is 10.0 Å². The maximum absolute atomic E-state index is 14.1. The van der Waals surface area contributed by atoms with E-state index in [4.69, 9.17) is 4.74 Å². The van der Waals surface area contributed by atoms with Crippen molar-refractivity contribution in [3.8, 4) is 16.9 Å². The summed E-state index contributed by atoms with van der Waals surface area (Å²) in [7, 11) is -2.63. The Balaban J connectivity index is 1.34. The number of hydrogen-bond acceptors (Lipinski definition) is 4. The first-order valence-electron chi connectivity index (χ1n) is 12.5. The Labute approximate surface area is 234 Å². The lowest BCUT2D eigenvalue weighted by molar-refractivity contribution is -0.137. The molecule has 0 bridgehead atoms. The number of hydrogen-bond donors (Lipinski definition) is 2. The fourth-order valence-corrected chi connectivity index (χ4v) is 6.16. The number of rotatable bonds is 7. The average Bonchev–Trinajstić information content (AvgIpc) is 3.33. The van der Waals surface area contributed by atoms with E-state index in [1.165, 1.54) is 43.5 Å². The largest absolute Gasteiger partial charge is 0.497 e. The van der Waals surface area contributed by atoms with Gasteiger partial charge in [0, 0.05) is 17.3 Å². The third kappa shape index (κ3) is 6.10. The summed E-state index contributed by atoms with van der Waals surface area (Å²) in [5.41, 5.74) is 2.38. The SMILES string of the molecule is COc1ccc(C(=O)Nc2ccc3c(c2)CC(NS(=O)(=O)c2ccccc2F)C3)c(-c2ccc(C(F)(F)F)cc2)c1. The summed E-state index contributed by atoms with van der Waals surface area (Å²) in [4.78, 5) is 12.9. The van der Waals surface area contributed by atoms with Gasteiger partial charge in [0.2, 0.25) is 10.0 Å². The molecule has 0 saturated heterocycles. The number of carbonyl (C=O) groups excluding carboxylic acids is 1. The molecule has 0 spiro atoms. The molecule has 212 valence electrons. The molecule has 0 aliphatic heterocycles. The lowest BCUT2D eigenvalue weighted by Gasteiger charge is -2.14. The van der Waals surface area contributed by atoms with Gasteiger partial charge in [0.15, 0.2) is 0 Å². The predicted octanol–water partition coefficient (Wildman–Crippen LogP) is 6.22. The molecule has 1 unspecified atom stereocenters. The number of fused-ring (bicyclic) bond motifs is 1. The van der Waals surface area contributed by atoms with Gasteiger partial charge in [-0.3, -0.25) is 4.79 Å². The maximum atomic E-state index is 14.1. The predicted molar refractivity (Wildman–Crippen MR) is 146 cm³/mol. The zero-order chi connectivity index (χ0) is 29.4. The van der Waals surface area contributed by atoms with E-state index in [-0.39, 0.29) is 5.56 Å². The number of amides is 1. The van der Waals surface area contributed by atoms with Crippen LogP contribution in [0.3, 0.4) is 0 Å². The van der Waals surface area contributed by atoms with Crippen LogP contribution < -0.4 is 14.8 Å². The quantitative estimate of drug-likeness (QED) is 0.253. The highest BCUT2D eigenvalue weighted by Gasteiger charge is 2.31. The van der Waals surface area contributed by atoms with Crippen molar-refractivity contribution >= 4 is 21.6 Å². The first kappa shape index (κ1) is 28.3. The highest BCUT2D eigenvalue weighted by Crippen LogP contribution is 2.34. The van der Waals surface area contributed by atoms with Gasteiger partial charge in [-0.1, -0.05) is 30.3 Å². The van der Waals surface area contributed by atoms with Crippen LogP contribution in [-0.4, -0.2) is 27.5 Å². The normalized spacial score (nSPS) is 14.9. The Morgan fingerprint density at radius 3 is 2.29 bits per heavy atom. The Kier molecular flexibility index (Phi) is 7.58. The zero-order valence-corrected chi connectivity index (χ0v) is 22.4. The minimum Gasteiger partial charge on any atom is -0.497 e. The van der Waals surface area contributed by atoms with Crippen molar-refractivity contribution in [3.05, 3.63) is 113 Å². The molecule has 4 aromatic carbocycles. The molecule has 2 N–H and O–H groups in total. The molecule has 4 aromatic rings. The van der Waals surface area contributed by atoms with E-state index in [1.807, 2.05) is 0 Å². The summed E-state index contributed by atoms with van der Waals surface area (Å²) in [6.07, 6.45) is -3.75. The van der Waals surface area contributed by atoms with Crippen molar-refractivity contribution in [2.45, 2.75) is 30.0 Å². The van der Waals surface area contributed by atoms with Crippen molar-refractivity contribution in [2.75, 3.05) is 12.4 Å². The molecule has 5 rings (SSSR count).